The molecule has 0 fully saturated rings. The van der Waals surface area contributed by atoms with Gasteiger partial charge in [-0.15, -0.1) is 0 Å². The van der Waals surface area contributed by atoms with Crippen molar-refractivity contribution in [2.75, 3.05) is 19.5 Å². The summed E-state index contributed by atoms with van der Waals surface area (Å²) in [5, 5.41) is 7.46. The van der Waals surface area contributed by atoms with E-state index in [4.69, 9.17) is 21.7 Å². The first-order valence-electron chi connectivity index (χ1n) is 7.26. The fourth-order valence-electron chi connectivity index (χ4n) is 1.95. The number of nitrogens with zero attached hydrogens (tertiary/aromatic N) is 1. The SMILES string of the molecule is COc1cccc(NC(=S)N/N=C/C=C/c2ccccc2OC)c1. The zero-order valence-corrected chi connectivity index (χ0v) is 14.3. The predicted octanol–water partition coefficient (Wildman–Crippen LogP) is 3.69. The van der Waals surface area contributed by atoms with E-state index in [1.807, 2.05) is 54.6 Å². The zero-order valence-electron chi connectivity index (χ0n) is 13.5. The normalized spacial score (nSPS) is 10.8. The van der Waals surface area contributed by atoms with Gasteiger partial charge in [-0.1, -0.05) is 24.3 Å². The molecule has 0 aliphatic carbocycles. The lowest BCUT2D eigenvalue weighted by Gasteiger charge is -2.08. The van der Waals surface area contributed by atoms with Crippen LogP contribution < -0.4 is 20.2 Å². The van der Waals surface area contributed by atoms with Crippen molar-refractivity contribution >= 4 is 35.3 Å². The predicted molar refractivity (Wildman–Crippen MR) is 103 cm³/mol. The Balaban J connectivity index is 1.85. The highest BCUT2D eigenvalue weighted by molar-refractivity contribution is 7.80. The summed E-state index contributed by atoms with van der Waals surface area (Å²) < 4.78 is 10.4. The summed E-state index contributed by atoms with van der Waals surface area (Å²) in [5.41, 5.74) is 4.55. The topological polar surface area (TPSA) is 54.9 Å². The number of ether oxygens (including phenoxy) is 2. The van der Waals surface area contributed by atoms with E-state index in [9.17, 15) is 0 Å². The maximum absolute atomic E-state index is 5.27. The quantitative estimate of drug-likeness (QED) is 0.477. The average Bonchev–Trinajstić information content (AvgIpc) is 2.62. The number of para-hydroxylation sites is 1. The number of hydrogen-bond acceptors (Lipinski definition) is 4. The number of benzene rings is 2. The Morgan fingerprint density at radius 1 is 1.08 bits per heavy atom. The van der Waals surface area contributed by atoms with Crippen molar-refractivity contribution in [1.29, 1.82) is 0 Å². The minimum absolute atomic E-state index is 0.394. The van der Waals surface area contributed by atoms with Crippen LogP contribution in [-0.2, 0) is 0 Å². The summed E-state index contributed by atoms with van der Waals surface area (Å²) in [6.07, 6.45) is 5.33. The molecule has 0 unspecified atom stereocenters. The Morgan fingerprint density at radius 3 is 2.71 bits per heavy atom. The van der Waals surface area contributed by atoms with Crippen LogP contribution in [0.4, 0.5) is 5.69 Å². The maximum Gasteiger partial charge on any atom is 0.191 e. The number of nitrogens with one attached hydrogen (secondary N) is 2. The highest BCUT2D eigenvalue weighted by Gasteiger charge is 1.98. The van der Waals surface area contributed by atoms with Crippen molar-refractivity contribution in [2.24, 2.45) is 5.10 Å². The molecule has 0 radical (unpaired) electrons. The molecule has 0 amide bonds. The standard InChI is InChI=1S/C18H19N3O2S/c1-22-16-10-5-9-15(13-16)20-18(24)21-19-12-6-8-14-7-3-4-11-17(14)23-2/h3-13H,1-2H3,(H2,20,21,24)/b8-6+,19-12+. The van der Waals surface area contributed by atoms with Crippen molar-refractivity contribution in [3.05, 3.63) is 60.2 Å². The molecule has 0 aliphatic heterocycles. The molecule has 2 aromatic carbocycles. The fourth-order valence-corrected chi connectivity index (χ4v) is 2.12. The average molecular weight is 341 g/mol. The van der Waals surface area contributed by atoms with Gasteiger partial charge in [-0.05, 0) is 42.6 Å². The fraction of sp³-hybridized carbons (Fsp3) is 0.111. The van der Waals surface area contributed by atoms with Gasteiger partial charge in [0, 0.05) is 23.5 Å². The van der Waals surface area contributed by atoms with E-state index in [0.29, 0.717) is 5.11 Å². The van der Waals surface area contributed by atoms with E-state index in [1.54, 1.807) is 26.5 Å². The number of methoxy groups -OCH3 is 2. The molecule has 6 heteroatoms. The molecule has 0 saturated carbocycles. The van der Waals surface area contributed by atoms with Crippen molar-refractivity contribution in [3.8, 4) is 11.5 Å². The number of allylic oxidation sites excluding steroid dienone is 1. The van der Waals surface area contributed by atoms with Crippen molar-refractivity contribution in [3.63, 3.8) is 0 Å². The molecular formula is C18H19N3O2S. The lowest BCUT2D eigenvalue weighted by molar-refractivity contribution is 0.414. The number of rotatable bonds is 6. The lowest BCUT2D eigenvalue weighted by Crippen LogP contribution is -2.23. The Labute approximate surface area is 147 Å². The molecule has 0 spiro atoms. The first-order chi connectivity index (χ1) is 11.7. The van der Waals surface area contributed by atoms with E-state index < -0.39 is 0 Å². The van der Waals surface area contributed by atoms with Crippen LogP contribution in [-0.4, -0.2) is 25.5 Å². The molecule has 5 nitrogen and oxygen atoms in total. The summed E-state index contributed by atoms with van der Waals surface area (Å²) in [6.45, 7) is 0. The smallest absolute Gasteiger partial charge is 0.191 e. The molecule has 0 heterocycles. The second-order valence-electron chi connectivity index (χ2n) is 4.68. The van der Waals surface area contributed by atoms with Crippen LogP contribution in [0.3, 0.4) is 0 Å². The van der Waals surface area contributed by atoms with Crippen LogP contribution in [0.25, 0.3) is 6.08 Å². The van der Waals surface area contributed by atoms with Gasteiger partial charge in [0.05, 0.1) is 14.2 Å². The lowest BCUT2D eigenvalue weighted by atomic mass is 10.2. The molecule has 2 aromatic rings. The minimum atomic E-state index is 0.394. The van der Waals surface area contributed by atoms with E-state index in [-0.39, 0.29) is 0 Å². The number of hydrogen-bond donors (Lipinski definition) is 2. The molecule has 0 saturated heterocycles. The molecule has 0 atom stereocenters. The molecule has 124 valence electrons. The van der Waals surface area contributed by atoms with E-state index in [2.05, 4.69) is 15.8 Å². The van der Waals surface area contributed by atoms with Crippen molar-refractivity contribution in [2.45, 2.75) is 0 Å². The van der Waals surface area contributed by atoms with Crippen LogP contribution in [0.1, 0.15) is 5.56 Å². The summed E-state index contributed by atoms with van der Waals surface area (Å²) in [7, 11) is 3.26. The molecule has 24 heavy (non-hydrogen) atoms. The van der Waals surface area contributed by atoms with Gasteiger partial charge in [0.2, 0.25) is 0 Å². The Kier molecular flexibility index (Phi) is 6.79. The number of thiocarbonyl (C=S) groups is 1. The van der Waals surface area contributed by atoms with E-state index in [0.717, 1.165) is 22.7 Å². The highest BCUT2D eigenvalue weighted by atomic mass is 32.1. The minimum Gasteiger partial charge on any atom is -0.497 e. The molecule has 0 bridgehead atoms. The first-order valence-corrected chi connectivity index (χ1v) is 7.67. The summed E-state index contributed by atoms with van der Waals surface area (Å²) in [4.78, 5) is 0. The van der Waals surface area contributed by atoms with Crippen LogP contribution in [0.5, 0.6) is 11.5 Å². The highest BCUT2D eigenvalue weighted by Crippen LogP contribution is 2.18. The third kappa shape index (κ3) is 5.40. The van der Waals surface area contributed by atoms with Crippen molar-refractivity contribution < 1.29 is 9.47 Å². The monoisotopic (exact) mass is 341 g/mol. The molecular weight excluding hydrogens is 322 g/mol. The van der Waals surface area contributed by atoms with Crippen LogP contribution in [0.15, 0.2) is 59.7 Å². The summed E-state index contributed by atoms with van der Waals surface area (Å²) in [6, 6.07) is 15.2. The van der Waals surface area contributed by atoms with Gasteiger partial charge in [-0.25, -0.2) is 0 Å². The second-order valence-corrected chi connectivity index (χ2v) is 5.09. The molecule has 2 N–H and O–H groups in total. The largest absolute Gasteiger partial charge is 0.497 e. The van der Waals surface area contributed by atoms with Crippen LogP contribution >= 0.6 is 12.2 Å². The Bertz CT molecular complexity index is 745. The van der Waals surface area contributed by atoms with Crippen molar-refractivity contribution in [1.82, 2.24) is 5.43 Å². The van der Waals surface area contributed by atoms with Crippen LogP contribution in [0.2, 0.25) is 0 Å². The van der Waals surface area contributed by atoms with Gasteiger partial charge in [0.25, 0.3) is 0 Å². The Hall–Kier alpha value is -2.86. The van der Waals surface area contributed by atoms with Gasteiger partial charge < -0.3 is 14.8 Å². The summed E-state index contributed by atoms with van der Waals surface area (Å²) in [5.74, 6) is 1.57. The Morgan fingerprint density at radius 2 is 1.92 bits per heavy atom. The molecule has 0 aromatic heterocycles. The second kappa shape index (κ2) is 9.32. The van der Waals surface area contributed by atoms with E-state index >= 15 is 0 Å². The number of anilines is 1. The van der Waals surface area contributed by atoms with Gasteiger partial charge in [-0.3, -0.25) is 5.43 Å². The van der Waals surface area contributed by atoms with Gasteiger partial charge in [-0.2, -0.15) is 5.10 Å². The third-order valence-corrected chi connectivity index (χ3v) is 3.26. The van der Waals surface area contributed by atoms with Crippen LogP contribution in [0, 0.1) is 0 Å². The van der Waals surface area contributed by atoms with Gasteiger partial charge in [0.15, 0.2) is 5.11 Å². The zero-order chi connectivity index (χ0) is 17.2. The molecule has 0 aliphatic rings. The van der Waals surface area contributed by atoms with E-state index in [1.165, 1.54) is 0 Å². The summed E-state index contributed by atoms with van der Waals surface area (Å²) >= 11 is 5.18. The maximum atomic E-state index is 5.27. The third-order valence-electron chi connectivity index (χ3n) is 3.07. The first kappa shape index (κ1) is 17.5. The van der Waals surface area contributed by atoms with Gasteiger partial charge in [0.1, 0.15) is 11.5 Å². The number of hydrazone groups is 1. The molecule has 2 rings (SSSR count). The van der Waals surface area contributed by atoms with Gasteiger partial charge >= 0.3 is 0 Å².